The molecule has 1 saturated carbocycles. The maximum Gasteiger partial charge on any atom is 0.257 e. The van der Waals surface area contributed by atoms with Crippen LogP contribution in [-0.4, -0.2) is 32.8 Å². The molecule has 0 unspecified atom stereocenters. The van der Waals surface area contributed by atoms with Crippen LogP contribution in [-0.2, 0) is 0 Å². The Labute approximate surface area is 179 Å². The van der Waals surface area contributed by atoms with Crippen LogP contribution < -0.4 is 4.90 Å². The second-order valence-electron chi connectivity index (χ2n) is 8.44. The highest BCUT2D eigenvalue weighted by Crippen LogP contribution is 2.39. The first-order valence-electron chi connectivity index (χ1n) is 10.9. The summed E-state index contributed by atoms with van der Waals surface area (Å²) in [7, 11) is 0. The fourth-order valence-electron chi connectivity index (χ4n) is 4.39. The summed E-state index contributed by atoms with van der Waals surface area (Å²) in [4.78, 5) is 6.92. The molecule has 1 aliphatic carbocycles. The van der Waals surface area contributed by atoms with Crippen molar-refractivity contribution in [2.45, 2.75) is 31.6 Å². The van der Waals surface area contributed by atoms with Gasteiger partial charge in [0.05, 0.1) is 23.5 Å². The smallest absolute Gasteiger partial charge is 0.257 e. The Kier molecular flexibility index (Phi) is 4.23. The fourth-order valence-corrected chi connectivity index (χ4v) is 4.39. The number of hydrogen-bond acceptors (Lipinski definition) is 6. The second-order valence-corrected chi connectivity index (χ2v) is 8.44. The molecule has 0 radical (unpaired) electrons. The number of hydrogen-bond donors (Lipinski definition) is 0. The minimum atomic E-state index is 0.165. The molecule has 3 aromatic heterocycles. The van der Waals surface area contributed by atoms with E-state index in [0.717, 1.165) is 66.8 Å². The summed E-state index contributed by atoms with van der Waals surface area (Å²) in [6, 6.07) is 14.8. The Hall–Kier alpha value is -3.66. The van der Waals surface area contributed by atoms with Crippen molar-refractivity contribution in [2.75, 3.05) is 18.0 Å². The number of rotatable bonds is 4. The van der Waals surface area contributed by atoms with Crippen LogP contribution in [0.2, 0.25) is 0 Å². The molecule has 6 rings (SSSR count). The average Bonchev–Trinajstić information content (AvgIpc) is 3.39. The standard InChI is InChI=1S/C24H22N6O/c25-14-16-9-12-29(13-10-16)21-2-1-11-30-22(21)20(15-26-30)17-3-7-19(8-4-17)24-27-23(28-31-24)18-5-6-18/h1-4,7-8,11,15-16,18H,5-6,9-10,12-13H2. The third-order valence-corrected chi connectivity index (χ3v) is 6.36. The molecule has 1 aliphatic heterocycles. The van der Waals surface area contributed by atoms with Crippen LogP contribution in [0, 0.1) is 17.2 Å². The summed E-state index contributed by atoms with van der Waals surface area (Å²) in [6.45, 7) is 1.78. The van der Waals surface area contributed by atoms with E-state index in [-0.39, 0.29) is 5.92 Å². The highest BCUT2D eigenvalue weighted by molar-refractivity contribution is 5.90. The Bertz CT molecular complexity index is 1270. The van der Waals surface area contributed by atoms with Gasteiger partial charge < -0.3 is 9.42 Å². The van der Waals surface area contributed by atoms with E-state index in [4.69, 9.17) is 4.52 Å². The van der Waals surface area contributed by atoms with Gasteiger partial charge in [-0.2, -0.15) is 15.3 Å². The van der Waals surface area contributed by atoms with Crippen LogP contribution in [0.4, 0.5) is 5.69 Å². The van der Waals surface area contributed by atoms with Crippen molar-refractivity contribution in [1.29, 1.82) is 5.26 Å². The van der Waals surface area contributed by atoms with Crippen molar-refractivity contribution in [1.82, 2.24) is 19.8 Å². The molecule has 2 aliphatic rings. The van der Waals surface area contributed by atoms with Crippen LogP contribution in [0.5, 0.6) is 0 Å². The highest BCUT2D eigenvalue weighted by Gasteiger charge is 2.29. The summed E-state index contributed by atoms with van der Waals surface area (Å²) in [6.07, 6.45) is 8.03. The van der Waals surface area contributed by atoms with Crippen molar-refractivity contribution in [3.05, 3.63) is 54.6 Å². The highest BCUT2D eigenvalue weighted by atomic mass is 16.5. The Morgan fingerprint density at radius 1 is 1.00 bits per heavy atom. The van der Waals surface area contributed by atoms with Gasteiger partial charge >= 0.3 is 0 Å². The molecule has 154 valence electrons. The molecule has 7 heteroatoms. The average molecular weight is 410 g/mol. The van der Waals surface area contributed by atoms with Crippen LogP contribution >= 0.6 is 0 Å². The van der Waals surface area contributed by atoms with Crippen LogP contribution in [0.3, 0.4) is 0 Å². The fraction of sp³-hybridized carbons (Fsp3) is 0.333. The number of aromatic nitrogens is 4. The van der Waals surface area contributed by atoms with Crippen molar-refractivity contribution in [3.8, 4) is 28.7 Å². The molecule has 2 fully saturated rings. The first kappa shape index (κ1) is 18.1. The van der Waals surface area contributed by atoms with Gasteiger partial charge in [0.25, 0.3) is 5.89 Å². The second kappa shape index (κ2) is 7.24. The molecular formula is C24H22N6O. The van der Waals surface area contributed by atoms with Crippen LogP contribution in [0.1, 0.15) is 37.4 Å². The summed E-state index contributed by atoms with van der Waals surface area (Å²) < 4.78 is 7.40. The Balaban J connectivity index is 1.33. The third-order valence-electron chi connectivity index (χ3n) is 6.36. The quantitative estimate of drug-likeness (QED) is 0.486. The van der Waals surface area contributed by atoms with Gasteiger partial charge in [0.1, 0.15) is 0 Å². The number of benzene rings is 1. The predicted octanol–water partition coefficient (Wildman–Crippen LogP) is 4.67. The maximum atomic E-state index is 9.22. The zero-order valence-electron chi connectivity index (χ0n) is 17.1. The summed E-state index contributed by atoms with van der Waals surface area (Å²) in [5.74, 6) is 2.05. The Morgan fingerprint density at radius 2 is 1.77 bits per heavy atom. The van der Waals surface area contributed by atoms with E-state index in [9.17, 15) is 5.26 Å². The molecular weight excluding hydrogens is 388 g/mol. The van der Waals surface area contributed by atoms with Gasteiger partial charge in [-0.1, -0.05) is 17.3 Å². The van der Waals surface area contributed by atoms with Gasteiger partial charge in [-0.3, -0.25) is 0 Å². The topological polar surface area (TPSA) is 83.2 Å². The first-order valence-corrected chi connectivity index (χ1v) is 10.9. The summed E-state index contributed by atoms with van der Waals surface area (Å²) in [5, 5.41) is 17.9. The number of anilines is 1. The molecule has 0 amide bonds. The lowest BCUT2D eigenvalue weighted by atomic mass is 9.97. The largest absolute Gasteiger partial charge is 0.370 e. The molecule has 1 saturated heterocycles. The number of nitrogens with zero attached hydrogens (tertiary/aromatic N) is 6. The SMILES string of the molecule is N#CC1CCN(c2cccn3ncc(-c4ccc(-c5nc(C6CC6)no5)cc4)c23)CC1. The van der Waals surface area contributed by atoms with Gasteiger partial charge in [-0.05, 0) is 55.5 Å². The van der Waals surface area contributed by atoms with Crippen molar-refractivity contribution in [2.24, 2.45) is 5.92 Å². The lowest BCUT2D eigenvalue weighted by Gasteiger charge is -2.31. The molecule has 1 aromatic carbocycles. The first-order chi connectivity index (χ1) is 15.3. The zero-order valence-corrected chi connectivity index (χ0v) is 17.1. The van der Waals surface area contributed by atoms with Crippen molar-refractivity contribution in [3.63, 3.8) is 0 Å². The van der Waals surface area contributed by atoms with Gasteiger partial charge in [-0.15, -0.1) is 0 Å². The lowest BCUT2D eigenvalue weighted by molar-refractivity contribution is 0.422. The number of nitriles is 1. The van der Waals surface area contributed by atoms with Gasteiger partial charge in [0.2, 0.25) is 0 Å². The lowest BCUT2D eigenvalue weighted by Crippen LogP contribution is -2.33. The van der Waals surface area contributed by atoms with E-state index in [2.05, 4.69) is 44.4 Å². The van der Waals surface area contributed by atoms with Gasteiger partial charge in [0.15, 0.2) is 5.82 Å². The van der Waals surface area contributed by atoms with Crippen molar-refractivity contribution >= 4 is 11.2 Å². The third kappa shape index (κ3) is 3.25. The van der Waals surface area contributed by atoms with Crippen LogP contribution in [0.25, 0.3) is 28.1 Å². The zero-order chi connectivity index (χ0) is 20.8. The summed E-state index contributed by atoms with van der Waals surface area (Å²) in [5.41, 5.74) is 5.38. The molecule has 7 nitrogen and oxygen atoms in total. The summed E-state index contributed by atoms with van der Waals surface area (Å²) >= 11 is 0. The molecule has 0 spiro atoms. The molecule has 0 N–H and O–H groups in total. The number of fused-ring (bicyclic) bond motifs is 1. The Morgan fingerprint density at radius 3 is 2.52 bits per heavy atom. The minimum Gasteiger partial charge on any atom is -0.370 e. The van der Waals surface area contributed by atoms with Crippen molar-refractivity contribution < 1.29 is 4.52 Å². The van der Waals surface area contributed by atoms with E-state index < -0.39 is 0 Å². The monoisotopic (exact) mass is 410 g/mol. The molecule has 31 heavy (non-hydrogen) atoms. The maximum absolute atomic E-state index is 9.22. The number of pyridine rings is 1. The van der Waals surface area contributed by atoms with Crippen LogP contribution in [0.15, 0.2) is 53.3 Å². The van der Waals surface area contributed by atoms with E-state index in [1.165, 1.54) is 5.69 Å². The van der Waals surface area contributed by atoms with E-state index in [0.29, 0.717) is 11.8 Å². The van der Waals surface area contributed by atoms with E-state index in [1.54, 1.807) is 0 Å². The molecule has 4 heterocycles. The van der Waals surface area contributed by atoms with Gasteiger partial charge in [-0.25, -0.2) is 4.52 Å². The molecule has 0 bridgehead atoms. The number of piperidine rings is 1. The normalized spacial score (nSPS) is 17.2. The van der Waals surface area contributed by atoms with E-state index in [1.807, 2.05) is 35.1 Å². The molecule has 0 atom stereocenters. The van der Waals surface area contributed by atoms with Gasteiger partial charge in [0, 0.05) is 42.2 Å². The molecule has 4 aromatic rings. The van der Waals surface area contributed by atoms with E-state index >= 15 is 0 Å². The minimum absolute atomic E-state index is 0.165. The predicted molar refractivity (Wildman–Crippen MR) is 116 cm³/mol.